The standard InChI is InChI=1S/C26H20N4O2S/c1-17-7-14-25(31)24(15-17)30-28-22-13-12-21(16-23(22)29-30)33-20-10-8-19(9-11-20)27-26(32)18-5-3-2-4-6-18/h2-16,31H,1H3,(H,27,32). The van der Waals surface area contributed by atoms with Crippen molar-refractivity contribution >= 4 is 34.4 Å². The lowest BCUT2D eigenvalue weighted by Crippen LogP contribution is -2.11. The Hall–Kier alpha value is -4.10. The van der Waals surface area contributed by atoms with E-state index in [1.165, 1.54) is 4.80 Å². The van der Waals surface area contributed by atoms with Crippen molar-refractivity contribution in [2.75, 3.05) is 5.32 Å². The van der Waals surface area contributed by atoms with Gasteiger partial charge in [0, 0.05) is 21.0 Å². The van der Waals surface area contributed by atoms with Gasteiger partial charge in [-0.25, -0.2) is 0 Å². The van der Waals surface area contributed by atoms with Crippen molar-refractivity contribution in [2.24, 2.45) is 0 Å². The number of carbonyl (C=O) groups excluding carboxylic acids is 1. The van der Waals surface area contributed by atoms with Gasteiger partial charge in [-0.1, -0.05) is 36.0 Å². The average molecular weight is 453 g/mol. The van der Waals surface area contributed by atoms with Crippen LogP contribution in [0.15, 0.2) is 101 Å². The number of nitrogens with zero attached hydrogens (tertiary/aromatic N) is 3. The largest absolute Gasteiger partial charge is 0.506 e. The van der Waals surface area contributed by atoms with E-state index >= 15 is 0 Å². The molecule has 4 aromatic carbocycles. The van der Waals surface area contributed by atoms with E-state index < -0.39 is 0 Å². The molecule has 0 atom stereocenters. The normalized spacial score (nSPS) is 10.9. The van der Waals surface area contributed by atoms with E-state index in [4.69, 9.17) is 0 Å². The summed E-state index contributed by atoms with van der Waals surface area (Å²) >= 11 is 1.60. The number of rotatable bonds is 5. The zero-order valence-electron chi connectivity index (χ0n) is 17.8. The molecule has 0 aliphatic rings. The van der Waals surface area contributed by atoms with Gasteiger partial charge in [-0.05, 0) is 79.2 Å². The second-order valence-corrected chi connectivity index (χ2v) is 8.73. The maximum atomic E-state index is 12.3. The smallest absolute Gasteiger partial charge is 0.255 e. The van der Waals surface area contributed by atoms with Gasteiger partial charge < -0.3 is 10.4 Å². The van der Waals surface area contributed by atoms with E-state index in [2.05, 4.69) is 15.5 Å². The zero-order valence-corrected chi connectivity index (χ0v) is 18.6. The summed E-state index contributed by atoms with van der Waals surface area (Å²) in [7, 11) is 0. The minimum absolute atomic E-state index is 0.134. The van der Waals surface area contributed by atoms with Gasteiger partial charge in [-0.15, -0.1) is 15.0 Å². The van der Waals surface area contributed by atoms with Gasteiger partial charge in [0.1, 0.15) is 22.5 Å². The molecule has 1 aromatic heterocycles. The Morgan fingerprint density at radius 3 is 2.36 bits per heavy atom. The highest BCUT2D eigenvalue weighted by molar-refractivity contribution is 7.99. The molecule has 0 aliphatic heterocycles. The first-order valence-electron chi connectivity index (χ1n) is 10.4. The first kappa shape index (κ1) is 20.8. The second-order valence-electron chi connectivity index (χ2n) is 7.58. The van der Waals surface area contributed by atoms with Gasteiger partial charge in [0.25, 0.3) is 5.91 Å². The number of nitrogens with one attached hydrogen (secondary N) is 1. The fraction of sp³-hybridized carbons (Fsp3) is 0.0385. The Bertz CT molecular complexity index is 1450. The first-order chi connectivity index (χ1) is 16.0. The summed E-state index contributed by atoms with van der Waals surface area (Å²) in [5.41, 5.74) is 4.42. The molecule has 6 nitrogen and oxygen atoms in total. The number of aryl methyl sites for hydroxylation is 1. The van der Waals surface area contributed by atoms with Crippen molar-refractivity contribution < 1.29 is 9.90 Å². The van der Waals surface area contributed by atoms with Crippen molar-refractivity contribution in [1.29, 1.82) is 0 Å². The van der Waals surface area contributed by atoms with Gasteiger partial charge in [0.15, 0.2) is 0 Å². The number of hydrogen-bond donors (Lipinski definition) is 2. The van der Waals surface area contributed by atoms with Gasteiger partial charge in [-0.3, -0.25) is 4.79 Å². The van der Waals surface area contributed by atoms with Crippen molar-refractivity contribution in [1.82, 2.24) is 15.0 Å². The molecule has 0 unspecified atom stereocenters. The third kappa shape index (κ3) is 4.58. The zero-order chi connectivity index (χ0) is 22.8. The Balaban J connectivity index is 1.32. The number of phenols is 1. The molecule has 162 valence electrons. The van der Waals surface area contributed by atoms with Crippen LogP contribution < -0.4 is 5.32 Å². The van der Waals surface area contributed by atoms with E-state index in [1.54, 1.807) is 30.0 Å². The number of anilines is 1. The van der Waals surface area contributed by atoms with Crippen LogP contribution in [0.3, 0.4) is 0 Å². The van der Waals surface area contributed by atoms with Crippen molar-refractivity contribution in [3.63, 3.8) is 0 Å². The van der Waals surface area contributed by atoms with Crippen LogP contribution in [0.2, 0.25) is 0 Å². The molecule has 33 heavy (non-hydrogen) atoms. The van der Waals surface area contributed by atoms with Gasteiger partial charge in [0.2, 0.25) is 0 Å². The van der Waals surface area contributed by atoms with Crippen LogP contribution in [0.25, 0.3) is 16.7 Å². The van der Waals surface area contributed by atoms with Crippen LogP contribution in [-0.2, 0) is 0 Å². The lowest BCUT2D eigenvalue weighted by atomic mass is 10.2. The maximum absolute atomic E-state index is 12.3. The van der Waals surface area contributed by atoms with Crippen molar-refractivity contribution in [2.45, 2.75) is 16.7 Å². The maximum Gasteiger partial charge on any atom is 0.255 e. The highest BCUT2D eigenvalue weighted by Crippen LogP contribution is 2.31. The highest BCUT2D eigenvalue weighted by Gasteiger charge is 2.10. The summed E-state index contributed by atoms with van der Waals surface area (Å²) in [4.78, 5) is 15.8. The predicted molar refractivity (Wildman–Crippen MR) is 130 cm³/mol. The van der Waals surface area contributed by atoms with E-state index in [1.807, 2.05) is 79.7 Å². The van der Waals surface area contributed by atoms with Crippen LogP contribution in [0, 0.1) is 6.92 Å². The van der Waals surface area contributed by atoms with Crippen LogP contribution >= 0.6 is 11.8 Å². The average Bonchev–Trinajstić information content (AvgIpc) is 3.25. The van der Waals surface area contributed by atoms with Gasteiger partial charge in [-0.2, -0.15) is 0 Å². The molecule has 5 rings (SSSR count). The number of carbonyl (C=O) groups is 1. The molecule has 0 saturated carbocycles. The predicted octanol–water partition coefficient (Wildman–Crippen LogP) is 5.84. The monoisotopic (exact) mass is 452 g/mol. The molecular formula is C26H20N4O2S. The summed E-state index contributed by atoms with van der Waals surface area (Å²) in [5.74, 6) is -0.000799. The van der Waals surface area contributed by atoms with E-state index in [0.29, 0.717) is 11.3 Å². The molecule has 0 spiro atoms. The van der Waals surface area contributed by atoms with E-state index in [-0.39, 0.29) is 11.7 Å². The number of fused-ring (bicyclic) bond motifs is 1. The summed E-state index contributed by atoms with van der Waals surface area (Å²) in [6.07, 6.45) is 0. The molecule has 1 heterocycles. The molecule has 0 fully saturated rings. The summed E-state index contributed by atoms with van der Waals surface area (Å²) in [6, 6.07) is 28.1. The van der Waals surface area contributed by atoms with Crippen molar-refractivity contribution in [3.8, 4) is 11.4 Å². The molecular weight excluding hydrogens is 432 g/mol. The Morgan fingerprint density at radius 1 is 0.848 bits per heavy atom. The third-order valence-electron chi connectivity index (χ3n) is 5.08. The quantitative estimate of drug-likeness (QED) is 0.350. The van der Waals surface area contributed by atoms with Gasteiger partial charge >= 0.3 is 0 Å². The molecule has 0 bridgehead atoms. The Labute approximate surface area is 194 Å². The summed E-state index contributed by atoms with van der Waals surface area (Å²) < 4.78 is 0. The lowest BCUT2D eigenvalue weighted by molar-refractivity contribution is 0.102. The molecule has 7 heteroatoms. The Morgan fingerprint density at radius 2 is 1.58 bits per heavy atom. The molecule has 0 aliphatic carbocycles. The van der Waals surface area contributed by atoms with Crippen LogP contribution in [0.4, 0.5) is 5.69 Å². The third-order valence-corrected chi connectivity index (χ3v) is 6.08. The second kappa shape index (κ2) is 8.80. The number of aromatic hydroxyl groups is 1. The number of benzene rings is 4. The molecule has 5 aromatic rings. The summed E-state index contributed by atoms with van der Waals surface area (Å²) in [5, 5.41) is 22.1. The first-order valence-corrected chi connectivity index (χ1v) is 11.2. The van der Waals surface area contributed by atoms with Gasteiger partial charge in [0.05, 0.1) is 0 Å². The summed E-state index contributed by atoms with van der Waals surface area (Å²) in [6.45, 7) is 1.96. The van der Waals surface area contributed by atoms with Crippen LogP contribution in [0.1, 0.15) is 15.9 Å². The number of phenolic OH excluding ortho intramolecular Hbond substituents is 1. The van der Waals surface area contributed by atoms with Crippen molar-refractivity contribution in [3.05, 3.63) is 102 Å². The van der Waals surface area contributed by atoms with Crippen LogP contribution in [-0.4, -0.2) is 26.0 Å². The number of aromatic nitrogens is 3. The fourth-order valence-corrected chi connectivity index (χ4v) is 4.25. The van der Waals surface area contributed by atoms with Crippen LogP contribution in [0.5, 0.6) is 5.75 Å². The molecule has 0 radical (unpaired) electrons. The SMILES string of the molecule is Cc1ccc(O)c(-n2nc3ccc(Sc4ccc(NC(=O)c5ccccc5)cc4)cc3n2)c1. The van der Waals surface area contributed by atoms with E-state index in [9.17, 15) is 9.90 Å². The topological polar surface area (TPSA) is 80.0 Å². The molecule has 1 amide bonds. The highest BCUT2D eigenvalue weighted by atomic mass is 32.2. The lowest BCUT2D eigenvalue weighted by Gasteiger charge is -2.07. The minimum Gasteiger partial charge on any atom is -0.506 e. The molecule has 0 saturated heterocycles. The van der Waals surface area contributed by atoms with E-state index in [0.717, 1.165) is 32.1 Å². The number of amides is 1. The number of hydrogen-bond acceptors (Lipinski definition) is 5. The Kier molecular flexibility index (Phi) is 5.54. The molecule has 2 N–H and O–H groups in total. The minimum atomic E-state index is -0.135. The fourth-order valence-electron chi connectivity index (χ4n) is 3.39.